The molecule has 0 saturated carbocycles. The summed E-state index contributed by atoms with van der Waals surface area (Å²) in [6, 6.07) is 5.07. The highest BCUT2D eigenvalue weighted by atomic mass is 16.7. The number of hydrogen-bond donors (Lipinski definition) is 3. The van der Waals surface area contributed by atoms with E-state index in [-0.39, 0.29) is 17.4 Å². The smallest absolute Gasteiger partial charge is 0.311 e. The van der Waals surface area contributed by atoms with Crippen LogP contribution in [0.1, 0.15) is 59.9 Å². The minimum absolute atomic E-state index is 0.0542. The number of methoxy groups -OCH3 is 2. The minimum Gasteiger partial charge on any atom is -0.493 e. The molecule has 0 aliphatic carbocycles. The van der Waals surface area contributed by atoms with E-state index >= 15 is 0 Å². The van der Waals surface area contributed by atoms with Crippen LogP contribution in [-0.4, -0.2) is 67.3 Å². The van der Waals surface area contributed by atoms with Crippen LogP contribution in [0.5, 0.6) is 11.5 Å². The summed E-state index contributed by atoms with van der Waals surface area (Å²) >= 11 is 0. The van der Waals surface area contributed by atoms with Gasteiger partial charge in [-0.2, -0.15) is 5.48 Å². The lowest BCUT2D eigenvalue weighted by atomic mass is 9.81. The summed E-state index contributed by atoms with van der Waals surface area (Å²) in [7, 11) is 3.24. The number of benzene rings is 1. The van der Waals surface area contributed by atoms with Crippen molar-refractivity contribution in [2.24, 2.45) is 17.8 Å². The first-order valence-electron chi connectivity index (χ1n) is 12.7. The highest BCUT2D eigenvalue weighted by Crippen LogP contribution is 2.32. The van der Waals surface area contributed by atoms with E-state index in [1.54, 1.807) is 20.2 Å². The topological polar surface area (TPSA) is 124 Å². The Morgan fingerprint density at radius 3 is 2.30 bits per heavy atom. The van der Waals surface area contributed by atoms with Gasteiger partial charge in [0.2, 0.25) is 0 Å². The molecule has 0 heterocycles. The largest absolute Gasteiger partial charge is 0.493 e. The zero-order valence-corrected chi connectivity index (χ0v) is 23.5. The number of carbonyl (C=O) groups is 1. The molecule has 37 heavy (non-hydrogen) atoms. The van der Waals surface area contributed by atoms with Gasteiger partial charge in [-0.05, 0) is 70.1 Å². The van der Waals surface area contributed by atoms with Gasteiger partial charge in [-0.3, -0.25) is 9.63 Å². The molecule has 9 nitrogen and oxygen atoms in total. The first kappa shape index (κ1) is 32.6. The number of aliphatic carboxylic acids is 1. The number of rotatable bonds is 17. The van der Waals surface area contributed by atoms with Crippen molar-refractivity contribution >= 4 is 11.9 Å². The molecule has 0 fully saturated rings. The fraction of sp³-hybridized carbons (Fsp3) is 0.679. The first-order chi connectivity index (χ1) is 17.3. The second-order valence-electron chi connectivity index (χ2n) is 10.6. The summed E-state index contributed by atoms with van der Waals surface area (Å²) in [4.78, 5) is 28.9. The lowest BCUT2D eigenvalue weighted by molar-refractivity contribution is -0.140. The molecular weight excluding hydrogens is 478 g/mol. The van der Waals surface area contributed by atoms with Gasteiger partial charge in [-0.25, -0.2) is 4.79 Å². The molecular formula is C28H45NO8. The maximum atomic E-state index is 11.6. The number of ether oxygens (including phenoxy) is 3. The molecule has 0 radical (unpaired) electrons. The summed E-state index contributed by atoms with van der Waals surface area (Å²) in [6.45, 7) is 12.2. The Balaban J connectivity index is 3.20. The number of carboxylic acid groups (broad SMARTS) is 1. The Hall–Kier alpha value is -2.42. The molecule has 1 aromatic rings. The van der Waals surface area contributed by atoms with Gasteiger partial charge in [0.05, 0.1) is 36.9 Å². The van der Waals surface area contributed by atoms with E-state index in [4.69, 9.17) is 19.0 Å². The fourth-order valence-corrected chi connectivity index (χ4v) is 3.81. The van der Waals surface area contributed by atoms with E-state index in [2.05, 4.69) is 19.3 Å². The van der Waals surface area contributed by atoms with Crippen LogP contribution >= 0.6 is 0 Å². The average molecular weight is 524 g/mol. The lowest BCUT2D eigenvalue weighted by Gasteiger charge is -2.33. The molecule has 210 valence electrons. The quantitative estimate of drug-likeness (QED) is 0.159. The number of aliphatic hydroxyl groups is 1. The number of aliphatic hydroxyl groups excluding tert-OH is 1. The summed E-state index contributed by atoms with van der Waals surface area (Å²) in [5.41, 5.74) is 3.14. The highest BCUT2D eigenvalue weighted by molar-refractivity contribution is 5.77. The van der Waals surface area contributed by atoms with Gasteiger partial charge in [0.15, 0.2) is 11.5 Å². The fourth-order valence-electron chi connectivity index (χ4n) is 3.81. The van der Waals surface area contributed by atoms with Crippen molar-refractivity contribution in [3.05, 3.63) is 29.3 Å². The predicted octanol–water partition coefficient (Wildman–Crippen LogP) is 3.84. The zero-order valence-electron chi connectivity index (χ0n) is 23.5. The van der Waals surface area contributed by atoms with Crippen molar-refractivity contribution in [3.8, 4) is 11.5 Å². The van der Waals surface area contributed by atoms with Gasteiger partial charge < -0.3 is 24.4 Å². The first-order valence-corrected chi connectivity index (χ1v) is 12.7. The van der Waals surface area contributed by atoms with Crippen LogP contribution in [0.4, 0.5) is 0 Å². The van der Waals surface area contributed by atoms with Crippen LogP contribution in [0.25, 0.3) is 0 Å². The van der Waals surface area contributed by atoms with Gasteiger partial charge >= 0.3 is 5.97 Å². The SMILES string of the molecule is COCCCOc1cc(C[C@@H](C[C@H](NOC(C)(C)C)[C@@H](O)C(=C=O)[C@@H](C)C(=O)O)C(C)C)ccc1OC. The molecule has 0 aliphatic rings. The molecule has 1 aromatic carbocycles. The lowest BCUT2D eigenvalue weighted by Crippen LogP contribution is -2.47. The summed E-state index contributed by atoms with van der Waals surface area (Å²) < 4.78 is 16.5. The predicted molar refractivity (Wildman–Crippen MR) is 141 cm³/mol. The van der Waals surface area contributed by atoms with E-state index in [9.17, 15) is 19.8 Å². The van der Waals surface area contributed by atoms with Gasteiger partial charge in [0.25, 0.3) is 0 Å². The second kappa shape index (κ2) is 15.7. The van der Waals surface area contributed by atoms with Gasteiger partial charge in [0, 0.05) is 20.1 Å². The number of nitrogens with one attached hydrogen (secondary N) is 1. The Labute approximate surface area is 221 Å². The molecule has 0 amide bonds. The second-order valence-corrected chi connectivity index (χ2v) is 10.6. The van der Waals surface area contributed by atoms with E-state index in [0.29, 0.717) is 37.6 Å². The third-order valence-corrected chi connectivity index (χ3v) is 6.15. The van der Waals surface area contributed by atoms with Crippen molar-refractivity contribution < 1.29 is 38.9 Å². The van der Waals surface area contributed by atoms with Crippen molar-refractivity contribution in [2.45, 2.75) is 78.6 Å². The maximum Gasteiger partial charge on any atom is 0.311 e. The molecule has 0 aromatic heterocycles. The highest BCUT2D eigenvalue weighted by Gasteiger charge is 2.34. The normalized spacial score (nSPS) is 15.0. The van der Waals surface area contributed by atoms with Crippen molar-refractivity contribution in [3.63, 3.8) is 0 Å². The standard InChI is InChI=1S/C28H45NO8/c1-18(2)21(14-20-10-11-24(35-8)25(15-20)36-13-9-12-34-7)16-23(29-37-28(4,5)6)26(31)22(17-30)19(3)27(32)33/h10-11,15,18-19,21,23,26,29,31H,9,12-14,16H2,1-8H3,(H,32,33)/t19-,21+,23+,26+/m1/s1. The monoisotopic (exact) mass is 523 g/mol. The van der Waals surface area contributed by atoms with E-state index in [1.165, 1.54) is 6.92 Å². The number of hydroxylamine groups is 1. The van der Waals surface area contributed by atoms with E-state index < -0.39 is 29.6 Å². The summed E-state index contributed by atoms with van der Waals surface area (Å²) in [5.74, 6) is 0.826. The zero-order chi connectivity index (χ0) is 28.2. The molecule has 4 atom stereocenters. The third kappa shape index (κ3) is 11.2. The van der Waals surface area contributed by atoms with Crippen LogP contribution < -0.4 is 15.0 Å². The number of hydrogen-bond acceptors (Lipinski definition) is 8. The van der Waals surface area contributed by atoms with Crippen LogP contribution in [0, 0.1) is 17.8 Å². The van der Waals surface area contributed by atoms with Crippen LogP contribution in [0.2, 0.25) is 0 Å². The third-order valence-electron chi connectivity index (χ3n) is 6.15. The minimum atomic E-state index is -1.39. The molecule has 0 spiro atoms. The van der Waals surface area contributed by atoms with Gasteiger partial charge in [-0.15, -0.1) is 0 Å². The maximum absolute atomic E-state index is 11.6. The van der Waals surface area contributed by atoms with Crippen molar-refractivity contribution in [1.29, 1.82) is 0 Å². The van der Waals surface area contributed by atoms with E-state index in [1.807, 2.05) is 39.0 Å². The Bertz CT molecular complexity index is 889. The molecule has 0 bridgehead atoms. The Morgan fingerprint density at radius 1 is 1.11 bits per heavy atom. The molecule has 9 heteroatoms. The van der Waals surface area contributed by atoms with Gasteiger partial charge in [0.1, 0.15) is 12.0 Å². The molecule has 0 unspecified atom stereocenters. The Morgan fingerprint density at radius 2 is 1.78 bits per heavy atom. The summed E-state index contributed by atoms with van der Waals surface area (Å²) in [5, 5.41) is 20.5. The molecule has 1 rings (SSSR count). The van der Waals surface area contributed by atoms with Crippen LogP contribution in [0.3, 0.4) is 0 Å². The van der Waals surface area contributed by atoms with Crippen LogP contribution in [0.15, 0.2) is 23.8 Å². The molecule has 0 saturated heterocycles. The summed E-state index contributed by atoms with van der Waals surface area (Å²) in [6.07, 6.45) is 0.440. The van der Waals surface area contributed by atoms with Crippen LogP contribution in [-0.2, 0) is 25.6 Å². The molecule has 3 N–H and O–H groups in total. The van der Waals surface area contributed by atoms with E-state index in [0.717, 1.165) is 12.0 Å². The van der Waals surface area contributed by atoms with Crippen molar-refractivity contribution in [2.75, 3.05) is 27.4 Å². The Kier molecular flexibility index (Phi) is 13.9. The van der Waals surface area contributed by atoms with Crippen molar-refractivity contribution in [1.82, 2.24) is 5.48 Å². The van der Waals surface area contributed by atoms with Gasteiger partial charge in [-0.1, -0.05) is 19.9 Å². The number of carbonyl (C=O) groups excluding carboxylic acids is 1. The number of carboxylic acids is 1. The average Bonchev–Trinajstić information content (AvgIpc) is 2.83. The molecule has 0 aliphatic heterocycles.